The number of hydrogen-bond acceptors (Lipinski definition) is 10. The molecule has 0 saturated carbocycles. The number of ether oxygens (including phenoxy) is 1. The van der Waals surface area contributed by atoms with Crippen molar-refractivity contribution >= 4 is 44.1 Å². The number of methoxy groups -OCH3 is 1. The molecule has 0 bridgehead atoms. The summed E-state index contributed by atoms with van der Waals surface area (Å²) in [6, 6.07) is 9.41. The second-order valence-corrected chi connectivity index (χ2v) is 11.7. The fourth-order valence-corrected chi connectivity index (χ4v) is 6.87. The van der Waals surface area contributed by atoms with Crippen molar-refractivity contribution in [2.45, 2.75) is 17.9 Å². The number of carbonyl (C=O) groups is 1. The summed E-state index contributed by atoms with van der Waals surface area (Å²) in [5.41, 5.74) is 0.881. The van der Waals surface area contributed by atoms with E-state index >= 15 is 0 Å². The summed E-state index contributed by atoms with van der Waals surface area (Å²) in [5, 5.41) is 6.04. The minimum absolute atomic E-state index is 0.00986. The van der Waals surface area contributed by atoms with Gasteiger partial charge in [0.25, 0.3) is 0 Å². The predicted molar refractivity (Wildman–Crippen MR) is 141 cm³/mol. The Morgan fingerprint density at radius 1 is 1.14 bits per heavy atom. The van der Waals surface area contributed by atoms with Crippen LogP contribution in [0.2, 0.25) is 0 Å². The molecule has 0 radical (unpaired) electrons. The average Bonchev–Trinajstić information content (AvgIpc) is 3.37. The highest BCUT2D eigenvalue weighted by atomic mass is 32.2. The van der Waals surface area contributed by atoms with Crippen molar-refractivity contribution in [1.29, 1.82) is 0 Å². The van der Waals surface area contributed by atoms with Gasteiger partial charge in [-0.25, -0.2) is 23.2 Å². The number of benzene rings is 1. The summed E-state index contributed by atoms with van der Waals surface area (Å²) in [4.78, 5) is 26.0. The van der Waals surface area contributed by atoms with Crippen LogP contribution in [0.3, 0.4) is 0 Å². The van der Waals surface area contributed by atoms with Gasteiger partial charge in [-0.05, 0) is 50.6 Å². The van der Waals surface area contributed by atoms with Crippen LogP contribution in [0.1, 0.15) is 21.9 Å². The molecule has 3 heterocycles. The Morgan fingerprint density at radius 2 is 1.89 bits per heavy atom. The number of anilines is 1. The van der Waals surface area contributed by atoms with Crippen LogP contribution in [0.4, 0.5) is 5.82 Å². The summed E-state index contributed by atoms with van der Waals surface area (Å²) in [7, 11) is 1.58. The molecule has 1 fully saturated rings. The summed E-state index contributed by atoms with van der Waals surface area (Å²) < 4.78 is 32.5. The smallest absolute Gasteiger partial charge is 0.349 e. The molecule has 0 aliphatic carbocycles. The molecule has 0 spiro atoms. The van der Waals surface area contributed by atoms with Crippen LogP contribution < -0.4 is 5.32 Å². The van der Waals surface area contributed by atoms with Crippen LogP contribution in [-0.2, 0) is 21.3 Å². The first-order valence-electron chi connectivity index (χ1n) is 11.8. The van der Waals surface area contributed by atoms with Gasteiger partial charge in [-0.1, -0.05) is 12.1 Å². The lowest BCUT2D eigenvalue weighted by molar-refractivity contribution is 0.0602. The maximum absolute atomic E-state index is 13.2. The normalized spacial score (nSPS) is 15.4. The van der Waals surface area contributed by atoms with Gasteiger partial charge in [-0.15, -0.1) is 11.3 Å². The number of rotatable bonds is 10. The maximum Gasteiger partial charge on any atom is 0.349 e. The van der Waals surface area contributed by atoms with E-state index in [9.17, 15) is 13.2 Å². The van der Waals surface area contributed by atoms with Crippen LogP contribution in [0.5, 0.6) is 0 Å². The lowest BCUT2D eigenvalue weighted by Crippen LogP contribution is -2.48. The van der Waals surface area contributed by atoms with Crippen molar-refractivity contribution in [2.24, 2.45) is 0 Å². The highest BCUT2D eigenvalue weighted by molar-refractivity contribution is 7.89. The van der Waals surface area contributed by atoms with Crippen LogP contribution in [0.15, 0.2) is 40.6 Å². The number of aromatic nitrogens is 2. The van der Waals surface area contributed by atoms with Crippen LogP contribution >= 0.6 is 11.3 Å². The minimum Gasteiger partial charge on any atom is -0.465 e. The van der Waals surface area contributed by atoms with E-state index in [0.717, 1.165) is 47.6 Å². The highest BCUT2D eigenvalue weighted by Gasteiger charge is 2.33. The molecule has 3 aromatic rings. The largest absolute Gasteiger partial charge is 0.465 e. The standard InChI is InChI=1S/C24H32N6O4S2/c1-28(2)11-6-10-25-23-18-7-4-5-8-19(18)26-21(27-23)17-29-12-14-30(15-13-29)36(32,33)20-9-16-35-22(20)24(31)34-3/h4-5,7-9,16H,6,10-15,17H2,1-3H3,(H,25,26,27). The Hall–Kier alpha value is -2.64. The van der Waals surface area contributed by atoms with Gasteiger partial charge in [0, 0.05) is 38.1 Å². The van der Waals surface area contributed by atoms with Crippen molar-refractivity contribution in [1.82, 2.24) is 24.1 Å². The molecule has 2 aromatic heterocycles. The Labute approximate surface area is 215 Å². The molecule has 10 nitrogen and oxygen atoms in total. The summed E-state index contributed by atoms with van der Waals surface area (Å²) in [6.07, 6.45) is 0.999. The molecule has 4 rings (SSSR count). The predicted octanol–water partition coefficient (Wildman–Crippen LogP) is 2.35. The van der Waals surface area contributed by atoms with E-state index in [-0.39, 0.29) is 9.77 Å². The number of hydrogen-bond donors (Lipinski definition) is 1. The number of nitrogens with zero attached hydrogens (tertiary/aromatic N) is 5. The van der Waals surface area contributed by atoms with Gasteiger partial charge < -0.3 is 15.0 Å². The van der Waals surface area contributed by atoms with E-state index < -0.39 is 16.0 Å². The fourth-order valence-electron chi connectivity index (χ4n) is 4.14. The zero-order valence-electron chi connectivity index (χ0n) is 20.8. The van der Waals surface area contributed by atoms with Gasteiger partial charge in [0.15, 0.2) is 0 Å². The number of piperazine rings is 1. The number of sulfonamides is 1. The van der Waals surface area contributed by atoms with Gasteiger partial charge in [-0.3, -0.25) is 4.90 Å². The average molecular weight is 533 g/mol. The number of esters is 1. The third-order valence-electron chi connectivity index (χ3n) is 6.04. The third kappa shape index (κ3) is 6.01. The molecular weight excluding hydrogens is 500 g/mol. The molecule has 1 aliphatic rings. The first-order chi connectivity index (χ1) is 17.3. The van der Waals surface area contributed by atoms with E-state index in [0.29, 0.717) is 38.5 Å². The van der Waals surface area contributed by atoms with Gasteiger partial charge in [-0.2, -0.15) is 4.31 Å². The van der Waals surface area contributed by atoms with E-state index in [1.807, 2.05) is 24.3 Å². The minimum atomic E-state index is -3.78. The van der Waals surface area contributed by atoms with Crippen molar-refractivity contribution < 1.29 is 17.9 Å². The zero-order valence-corrected chi connectivity index (χ0v) is 22.4. The third-order valence-corrected chi connectivity index (χ3v) is 9.00. The number of nitrogens with one attached hydrogen (secondary N) is 1. The van der Waals surface area contributed by atoms with Crippen molar-refractivity contribution in [3.63, 3.8) is 0 Å². The van der Waals surface area contributed by atoms with Crippen molar-refractivity contribution in [3.05, 3.63) is 46.4 Å². The quantitative estimate of drug-likeness (QED) is 0.311. The highest BCUT2D eigenvalue weighted by Crippen LogP contribution is 2.27. The molecule has 1 aromatic carbocycles. The molecule has 0 amide bonds. The zero-order chi connectivity index (χ0) is 25.7. The van der Waals surface area contributed by atoms with Crippen LogP contribution in [0.25, 0.3) is 10.9 Å². The van der Waals surface area contributed by atoms with E-state index in [2.05, 4.69) is 29.2 Å². The SMILES string of the molecule is COC(=O)c1sccc1S(=O)(=O)N1CCN(Cc2nc(NCCCN(C)C)c3ccccc3n2)CC1. The molecule has 0 unspecified atom stereocenters. The van der Waals surface area contributed by atoms with E-state index in [1.54, 1.807) is 5.38 Å². The maximum atomic E-state index is 13.2. The summed E-state index contributed by atoms with van der Waals surface area (Å²) >= 11 is 1.07. The van der Waals surface area contributed by atoms with Crippen molar-refractivity contribution in [2.75, 3.05) is 65.8 Å². The topological polar surface area (TPSA) is 108 Å². The van der Waals surface area contributed by atoms with Gasteiger partial charge in [0.2, 0.25) is 10.0 Å². The molecule has 1 N–H and O–H groups in total. The first kappa shape index (κ1) is 26.4. The molecule has 194 valence electrons. The van der Waals surface area contributed by atoms with Crippen molar-refractivity contribution in [3.8, 4) is 0 Å². The summed E-state index contributed by atoms with van der Waals surface area (Å²) in [5.74, 6) is 0.885. The number of fused-ring (bicyclic) bond motifs is 1. The van der Waals surface area contributed by atoms with Gasteiger partial charge in [0.1, 0.15) is 21.4 Å². The first-order valence-corrected chi connectivity index (χ1v) is 14.1. The van der Waals surface area contributed by atoms with Crippen LogP contribution in [0, 0.1) is 0 Å². The Morgan fingerprint density at radius 3 is 2.61 bits per heavy atom. The molecule has 1 aliphatic heterocycles. The van der Waals surface area contributed by atoms with Crippen LogP contribution in [-0.4, -0.2) is 98.9 Å². The molecule has 12 heteroatoms. The lowest BCUT2D eigenvalue weighted by atomic mass is 10.2. The summed E-state index contributed by atoms with van der Waals surface area (Å²) in [6.45, 7) is 4.05. The van der Waals surface area contributed by atoms with Gasteiger partial charge >= 0.3 is 5.97 Å². The van der Waals surface area contributed by atoms with Gasteiger partial charge in [0.05, 0.1) is 19.2 Å². The van der Waals surface area contributed by atoms with E-state index in [4.69, 9.17) is 14.7 Å². The molecular formula is C24H32N6O4S2. The lowest BCUT2D eigenvalue weighted by Gasteiger charge is -2.33. The number of para-hydroxylation sites is 1. The number of carbonyl (C=O) groups excluding carboxylic acids is 1. The molecule has 0 atom stereocenters. The molecule has 1 saturated heterocycles. The second kappa shape index (κ2) is 11.6. The Kier molecular flexibility index (Phi) is 8.52. The second-order valence-electron chi connectivity index (χ2n) is 8.87. The number of thiophene rings is 1. The Balaban J connectivity index is 1.43. The monoisotopic (exact) mass is 532 g/mol. The molecule has 36 heavy (non-hydrogen) atoms. The van der Waals surface area contributed by atoms with E-state index in [1.165, 1.54) is 17.5 Å². The Bertz CT molecular complexity index is 1300. The fraction of sp³-hybridized carbons (Fsp3) is 0.458.